The van der Waals surface area contributed by atoms with E-state index in [1.807, 2.05) is 6.92 Å². The van der Waals surface area contributed by atoms with Gasteiger partial charge in [0.05, 0.1) is 5.56 Å². The van der Waals surface area contributed by atoms with Crippen molar-refractivity contribution in [3.8, 4) is 0 Å². The lowest BCUT2D eigenvalue weighted by Gasteiger charge is -2.21. The highest BCUT2D eigenvalue weighted by Crippen LogP contribution is 2.08. The molecule has 1 amide bonds. The minimum absolute atomic E-state index is 0.0200. The zero-order valence-corrected chi connectivity index (χ0v) is 10.6. The Morgan fingerprint density at radius 2 is 2.06 bits per heavy atom. The lowest BCUT2D eigenvalue weighted by atomic mass is 10.2. The minimum Gasteiger partial charge on any atom is -0.478 e. The Hall–Kier alpha value is -2.11. The average Bonchev–Trinajstić information content (AvgIpc) is 2.36. The molecule has 0 spiro atoms. The zero-order valence-electron chi connectivity index (χ0n) is 10.6. The lowest BCUT2D eigenvalue weighted by molar-refractivity contribution is -0.132. The Labute approximate surface area is 104 Å². The molecule has 0 aliphatic carbocycles. The van der Waals surface area contributed by atoms with Crippen LogP contribution in [0.25, 0.3) is 0 Å². The number of aromatic carboxylic acids is 1. The maximum absolute atomic E-state index is 11.9. The number of hydrogen-bond acceptors (Lipinski definition) is 3. The summed E-state index contributed by atoms with van der Waals surface area (Å²) in [5.74, 6) is -1.37. The van der Waals surface area contributed by atoms with E-state index in [9.17, 15) is 14.4 Å². The summed E-state index contributed by atoms with van der Waals surface area (Å²) >= 11 is 0. The molecule has 98 valence electrons. The number of hydrogen-bond donors (Lipinski definition) is 1. The Balaban J connectivity index is 3.16. The molecule has 0 aliphatic heterocycles. The molecule has 18 heavy (non-hydrogen) atoms. The smallest absolute Gasteiger partial charge is 0.337 e. The third kappa shape index (κ3) is 2.77. The second kappa shape index (κ2) is 5.48. The van der Waals surface area contributed by atoms with Gasteiger partial charge in [-0.25, -0.2) is 4.79 Å². The molecule has 1 N–H and O–H groups in total. The highest BCUT2D eigenvalue weighted by molar-refractivity contribution is 5.87. The third-order valence-electron chi connectivity index (χ3n) is 2.81. The van der Waals surface area contributed by atoms with Crippen molar-refractivity contribution < 1.29 is 14.7 Å². The summed E-state index contributed by atoms with van der Waals surface area (Å²) in [5, 5.41) is 8.87. The van der Waals surface area contributed by atoms with Crippen LogP contribution < -0.4 is 5.56 Å². The van der Waals surface area contributed by atoms with Crippen molar-refractivity contribution in [1.82, 2.24) is 9.47 Å². The van der Waals surface area contributed by atoms with Crippen LogP contribution in [0, 0.1) is 0 Å². The van der Waals surface area contributed by atoms with Crippen LogP contribution >= 0.6 is 0 Å². The molecule has 1 aromatic heterocycles. The molecule has 1 heterocycles. The number of carboxylic acids is 1. The van der Waals surface area contributed by atoms with Gasteiger partial charge in [0.1, 0.15) is 6.04 Å². The van der Waals surface area contributed by atoms with Crippen LogP contribution in [0.4, 0.5) is 0 Å². The molecule has 0 bridgehead atoms. The molecule has 0 radical (unpaired) electrons. The molecule has 0 aliphatic rings. The summed E-state index contributed by atoms with van der Waals surface area (Å²) in [6.07, 6.45) is 1.19. The molecule has 6 heteroatoms. The first-order valence-electron chi connectivity index (χ1n) is 5.59. The van der Waals surface area contributed by atoms with Gasteiger partial charge in [-0.1, -0.05) is 0 Å². The van der Waals surface area contributed by atoms with Gasteiger partial charge in [0.25, 0.3) is 5.56 Å². The average molecular weight is 252 g/mol. The SMILES string of the molecule is CCN(C)C(=O)C(C)n1cc(C(=O)O)ccc1=O. The summed E-state index contributed by atoms with van der Waals surface area (Å²) in [5.41, 5.74) is -0.418. The Morgan fingerprint density at radius 1 is 1.44 bits per heavy atom. The fourth-order valence-electron chi connectivity index (χ4n) is 1.53. The summed E-state index contributed by atoms with van der Waals surface area (Å²) in [4.78, 5) is 35.9. The normalized spacial score (nSPS) is 11.9. The van der Waals surface area contributed by atoms with Gasteiger partial charge in [-0.3, -0.25) is 9.59 Å². The van der Waals surface area contributed by atoms with Gasteiger partial charge in [0.15, 0.2) is 0 Å². The molecule has 1 unspecified atom stereocenters. The van der Waals surface area contributed by atoms with E-state index >= 15 is 0 Å². The molecule has 1 aromatic rings. The van der Waals surface area contributed by atoms with Crippen LogP contribution in [0.3, 0.4) is 0 Å². The van der Waals surface area contributed by atoms with Crippen molar-refractivity contribution in [1.29, 1.82) is 0 Å². The van der Waals surface area contributed by atoms with Gasteiger partial charge < -0.3 is 14.6 Å². The fourth-order valence-corrected chi connectivity index (χ4v) is 1.53. The predicted molar refractivity (Wildman–Crippen MR) is 65.7 cm³/mol. The van der Waals surface area contributed by atoms with Crippen LogP contribution in [0.5, 0.6) is 0 Å². The number of carbonyl (C=O) groups excluding carboxylic acids is 1. The van der Waals surface area contributed by atoms with Crippen molar-refractivity contribution in [3.05, 3.63) is 34.2 Å². The summed E-state index contributed by atoms with van der Waals surface area (Å²) in [6, 6.07) is 1.66. The van der Waals surface area contributed by atoms with Gasteiger partial charge in [-0.2, -0.15) is 0 Å². The number of carbonyl (C=O) groups is 2. The largest absolute Gasteiger partial charge is 0.478 e. The molecule has 0 fully saturated rings. The van der Waals surface area contributed by atoms with Crippen molar-refractivity contribution in [2.24, 2.45) is 0 Å². The van der Waals surface area contributed by atoms with Crippen molar-refractivity contribution in [2.75, 3.05) is 13.6 Å². The van der Waals surface area contributed by atoms with Crippen LogP contribution in [-0.2, 0) is 4.79 Å². The van der Waals surface area contributed by atoms with Gasteiger partial charge in [-0.05, 0) is 19.9 Å². The van der Waals surface area contributed by atoms with E-state index in [4.69, 9.17) is 5.11 Å². The number of likely N-dealkylation sites (N-methyl/N-ethyl adjacent to an activating group) is 1. The van der Waals surface area contributed by atoms with Crippen LogP contribution in [0.2, 0.25) is 0 Å². The topological polar surface area (TPSA) is 79.6 Å². The van der Waals surface area contributed by atoms with Crippen LogP contribution in [0.15, 0.2) is 23.1 Å². The third-order valence-corrected chi connectivity index (χ3v) is 2.81. The van der Waals surface area contributed by atoms with Gasteiger partial charge in [0.2, 0.25) is 5.91 Å². The van der Waals surface area contributed by atoms with E-state index in [0.29, 0.717) is 6.54 Å². The first-order chi connectivity index (χ1) is 8.38. The van der Waals surface area contributed by atoms with Gasteiger partial charge in [-0.15, -0.1) is 0 Å². The fraction of sp³-hybridized carbons (Fsp3) is 0.417. The molecular formula is C12H16N2O4. The summed E-state index contributed by atoms with van der Waals surface area (Å²) in [7, 11) is 1.63. The van der Waals surface area contributed by atoms with E-state index in [1.54, 1.807) is 14.0 Å². The zero-order chi connectivity index (χ0) is 13.9. The number of rotatable bonds is 4. The van der Waals surface area contributed by atoms with E-state index in [1.165, 1.54) is 17.2 Å². The van der Waals surface area contributed by atoms with Crippen LogP contribution in [0.1, 0.15) is 30.2 Å². The first-order valence-corrected chi connectivity index (χ1v) is 5.59. The van der Waals surface area contributed by atoms with Crippen molar-refractivity contribution in [3.63, 3.8) is 0 Å². The van der Waals surface area contributed by atoms with Crippen molar-refractivity contribution in [2.45, 2.75) is 19.9 Å². The Morgan fingerprint density at radius 3 is 2.56 bits per heavy atom. The molecular weight excluding hydrogens is 236 g/mol. The predicted octanol–water partition coefficient (Wildman–Crippen LogP) is 0.586. The first kappa shape index (κ1) is 14.0. The molecule has 0 saturated heterocycles. The summed E-state index contributed by atoms with van der Waals surface area (Å²) < 4.78 is 1.14. The molecule has 1 atom stereocenters. The Bertz CT molecular complexity index is 521. The van der Waals surface area contributed by atoms with E-state index < -0.39 is 17.6 Å². The van der Waals surface area contributed by atoms with Crippen LogP contribution in [-0.4, -0.2) is 40.0 Å². The van der Waals surface area contributed by atoms with Crippen molar-refractivity contribution >= 4 is 11.9 Å². The highest BCUT2D eigenvalue weighted by Gasteiger charge is 2.19. The monoisotopic (exact) mass is 252 g/mol. The maximum atomic E-state index is 11.9. The number of amides is 1. The number of pyridine rings is 1. The minimum atomic E-state index is -1.13. The number of aromatic nitrogens is 1. The van der Waals surface area contributed by atoms with Gasteiger partial charge in [0, 0.05) is 25.9 Å². The summed E-state index contributed by atoms with van der Waals surface area (Å²) in [6.45, 7) is 3.92. The number of carboxylic acid groups (broad SMARTS) is 1. The highest BCUT2D eigenvalue weighted by atomic mass is 16.4. The second-order valence-electron chi connectivity index (χ2n) is 4.00. The molecule has 1 rings (SSSR count). The van der Waals surface area contributed by atoms with E-state index in [-0.39, 0.29) is 11.5 Å². The lowest BCUT2D eigenvalue weighted by Crippen LogP contribution is -2.36. The van der Waals surface area contributed by atoms with Gasteiger partial charge >= 0.3 is 5.97 Å². The standard InChI is InChI=1S/C12H16N2O4/c1-4-13(3)11(16)8(2)14-7-9(12(17)18)5-6-10(14)15/h5-8H,4H2,1-3H3,(H,17,18). The quantitative estimate of drug-likeness (QED) is 0.850. The molecule has 6 nitrogen and oxygen atoms in total. The Kier molecular flexibility index (Phi) is 4.25. The number of nitrogens with zero attached hydrogens (tertiary/aromatic N) is 2. The molecule has 0 saturated carbocycles. The maximum Gasteiger partial charge on any atom is 0.337 e. The van der Waals surface area contributed by atoms with E-state index in [2.05, 4.69) is 0 Å². The second-order valence-corrected chi connectivity index (χ2v) is 4.00. The molecule has 0 aromatic carbocycles. The van der Waals surface area contributed by atoms with E-state index in [0.717, 1.165) is 10.6 Å².